The van der Waals surface area contributed by atoms with Crippen LogP contribution in [0.2, 0.25) is 0 Å². The highest BCUT2D eigenvalue weighted by molar-refractivity contribution is 7.81. The standard InChI is InChI=1S/C14H12FN7O5S2/c15-8-3-7(22(29(26)27)12-11(13(24)25)20-6-28-12)1-2-9(8)21-10(23)4-18-14(17)19-5-16/h1-3,6H,4H2,(H,21,23)(H,24,25)(H,26,27)(H3,17,18,19)/p-1. The Morgan fingerprint density at radius 1 is 1.52 bits per heavy atom. The van der Waals surface area contributed by atoms with Gasteiger partial charge in [0.2, 0.25) is 11.9 Å². The summed E-state index contributed by atoms with van der Waals surface area (Å²) in [5, 5.41) is 21.4. The van der Waals surface area contributed by atoms with Gasteiger partial charge in [0.05, 0.1) is 28.2 Å². The van der Waals surface area contributed by atoms with Crippen LogP contribution in [-0.4, -0.2) is 43.2 Å². The normalized spacial score (nSPS) is 12.0. The molecule has 0 aliphatic heterocycles. The number of guanidine groups is 1. The molecule has 0 bridgehead atoms. The van der Waals surface area contributed by atoms with Gasteiger partial charge in [-0.3, -0.25) is 18.6 Å². The molecular formula is C14H11FN7O5S2-. The minimum Gasteiger partial charge on any atom is -0.755 e. The molecule has 2 rings (SSSR count). The van der Waals surface area contributed by atoms with Crippen LogP contribution < -0.4 is 20.7 Å². The van der Waals surface area contributed by atoms with Crippen LogP contribution >= 0.6 is 11.3 Å². The predicted octanol–water partition coefficient (Wildman–Crippen LogP) is 0.236. The zero-order valence-corrected chi connectivity index (χ0v) is 15.8. The zero-order chi connectivity index (χ0) is 21.6. The second-order valence-corrected chi connectivity index (χ2v) is 6.61. The molecule has 1 atom stereocenters. The van der Waals surface area contributed by atoms with Crippen LogP contribution in [0.4, 0.5) is 20.8 Å². The summed E-state index contributed by atoms with van der Waals surface area (Å²) in [5.74, 6) is -3.49. The number of anilines is 3. The molecule has 15 heteroatoms. The van der Waals surface area contributed by atoms with Crippen molar-refractivity contribution in [1.82, 2.24) is 10.3 Å². The number of amides is 1. The highest BCUT2D eigenvalue weighted by atomic mass is 32.2. The Bertz CT molecular complexity index is 1040. The third-order valence-electron chi connectivity index (χ3n) is 3.12. The second kappa shape index (κ2) is 9.54. The number of carbonyl (C=O) groups excluding carboxylic acids is 1. The summed E-state index contributed by atoms with van der Waals surface area (Å²) in [5.41, 5.74) is 5.41. The average Bonchev–Trinajstić information content (AvgIpc) is 3.12. The van der Waals surface area contributed by atoms with Gasteiger partial charge in [0.15, 0.2) is 11.9 Å². The number of hydrogen-bond acceptors (Lipinski definition) is 8. The third-order valence-corrected chi connectivity index (χ3v) is 4.74. The molecule has 0 fully saturated rings. The van der Waals surface area contributed by atoms with E-state index < -0.39 is 41.2 Å². The molecule has 1 aromatic carbocycles. The summed E-state index contributed by atoms with van der Waals surface area (Å²) in [6, 6.07) is 3.05. The van der Waals surface area contributed by atoms with E-state index in [0.29, 0.717) is 4.31 Å². The molecule has 1 unspecified atom stereocenters. The van der Waals surface area contributed by atoms with Crippen LogP contribution in [-0.2, 0) is 16.1 Å². The van der Waals surface area contributed by atoms with E-state index in [-0.39, 0.29) is 22.3 Å². The Morgan fingerprint density at radius 3 is 2.83 bits per heavy atom. The maximum Gasteiger partial charge on any atom is 0.357 e. The van der Waals surface area contributed by atoms with Crippen molar-refractivity contribution in [3.8, 4) is 6.19 Å². The second-order valence-electron chi connectivity index (χ2n) is 4.97. The summed E-state index contributed by atoms with van der Waals surface area (Å²) in [7, 11) is 0. The van der Waals surface area contributed by atoms with Crippen LogP contribution in [0.1, 0.15) is 10.5 Å². The zero-order valence-electron chi connectivity index (χ0n) is 14.2. The molecule has 5 N–H and O–H groups in total. The number of hydrogen-bond donors (Lipinski definition) is 4. The minimum absolute atomic E-state index is 0.207. The lowest BCUT2D eigenvalue weighted by Gasteiger charge is -2.25. The van der Waals surface area contributed by atoms with Crippen molar-refractivity contribution in [3.63, 3.8) is 0 Å². The molecule has 1 amide bonds. The van der Waals surface area contributed by atoms with Crippen LogP contribution in [0.15, 0.2) is 28.7 Å². The lowest BCUT2D eigenvalue weighted by Crippen LogP contribution is -2.29. The summed E-state index contributed by atoms with van der Waals surface area (Å²) in [4.78, 5) is 30.1. The molecule has 152 valence electrons. The monoisotopic (exact) mass is 440 g/mol. The van der Waals surface area contributed by atoms with Crippen molar-refractivity contribution < 1.29 is 27.8 Å². The number of rotatable bonds is 7. The average molecular weight is 440 g/mol. The van der Waals surface area contributed by atoms with E-state index in [1.807, 2.05) is 5.32 Å². The quantitative estimate of drug-likeness (QED) is 0.153. The number of carboxylic acids is 1. The number of carboxylic acid groups (broad SMARTS) is 1. The van der Waals surface area contributed by atoms with Crippen LogP contribution in [0, 0.1) is 17.3 Å². The van der Waals surface area contributed by atoms with E-state index >= 15 is 0 Å². The number of halogens is 1. The molecule has 0 spiro atoms. The summed E-state index contributed by atoms with van der Waals surface area (Å²) >= 11 is -2.24. The van der Waals surface area contributed by atoms with E-state index in [2.05, 4.69) is 15.3 Å². The molecule has 0 saturated carbocycles. The number of aliphatic imine (C=N–C) groups is 1. The number of thiazole rings is 1. The number of aromatic carboxylic acids is 1. The Morgan fingerprint density at radius 2 is 2.24 bits per heavy atom. The van der Waals surface area contributed by atoms with Crippen molar-refractivity contribution >= 4 is 56.8 Å². The Kier molecular flexibility index (Phi) is 7.14. The summed E-state index contributed by atoms with van der Waals surface area (Å²) in [6.45, 7) is -0.499. The number of aromatic nitrogens is 1. The molecule has 2 aromatic rings. The van der Waals surface area contributed by atoms with Gasteiger partial charge in [-0.25, -0.2) is 19.2 Å². The first-order valence-corrected chi connectivity index (χ1v) is 9.26. The van der Waals surface area contributed by atoms with Crippen molar-refractivity contribution in [2.24, 2.45) is 10.7 Å². The number of nitrogens with one attached hydrogen (secondary N) is 2. The van der Waals surface area contributed by atoms with Gasteiger partial charge in [-0.15, -0.1) is 11.3 Å². The smallest absolute Gasteiger partial charge is 0.357 e. The van der Waals surface area contributed by atoms with Crippen molar-refractivity contribution in [1.29, 1.82) is 5.26 Å². The van der Waals surface area contributed by atoms with Gasteiger partial charge in [0, 0.05) is 6.07 Å². The third kappa shape index (κ3) is 5.44. The fourth-order valence-corrected chi connectivity index (χ4v) is 3.51. The summed E-state index contributed by atoms with van der Waals surface area (Å²) in [6.07, 6.45) is 1.51. The maximum atomic E-state index is 14.4. The Balaban J connectivity index is 2.25. The van der Waals surface area contributed by atoms with Gasteiger partial charge in [-0.05, 0) is 12.1 Å². The van der Waals surface area contributed by atoms with Gasteiger partial charge in [-0.2, -0.15) is 5.26 Å². The van der Waals surface area contributed by atoms with Crippen LogP contribution in [0.25, 0.3) is 0 Å². The highest BCUT2D eigenvalue weighted by Gasteiger charge is 2.23. The summed E-state index contributed by atoms with van der Waals surface area (Å²) < 4.78 is 38.2. The number of nitrogens with two attached hydrogens (primary N) is 1. The van der Waals surface area contributed by atoms with Crippen molar-refractivity contribution in [3.05, 3.63) is 35.2 Å². The van der Waals surface area contributed by atoms with Crippen LogP contribution in [0.3, 0.4) is 0 Å². The van der Waals surface area contributed by atoms with E-state index in [9.17, 15) is 22.7 Å². The maximum absolute atomic E-state index is 14.4. The van der Waals surface area contributed by atoms with E-state index in [4.69, 9.17) is 16.1 Å². The SMILES string of the molecule is N#CNC(N)=NCC(=O)Nc1ccc(N(c2scnc2C(=O)O)S(=O)[O-])cc1F. The molecule has 12 nitrogen and oxygen atoms in total. The fourth-order valence-electron chi connectivity index (χ4n) is 1.98. The molecule has 29 heavy (non-hydrogen) atoms. The lowest BCUT2D eigenvalue weighted by atomic mass is 10.2. The molecular weight excluding hydrogens is 429 g/mol. The molecule has 1 aromatic heterocycles. The molecule has 0 aliphatic carbocycles. The van der Waals surface area contributed by atoms with Gasteiger partial charge in [0.1, 0.15) is 17.4 Å². The van der Waals surface area contributed by atoms with Gasteiger partial charge in [0.25, 0.3) is 0 Å². The number of nitriles is 1. The molecule has 0 aliphatic rings. The first kappa shape index (κ1) is 21.7. The Hall–Kier alpha value is -3.61. The van der Waals surface area contributed by atoms with Crippen molar-refractivity contribution in [2.45, 2.75) is 0 Å². The van der Waals surface area contributed by atoms with Gasteiger partial charge in [-0.1, -0.05) is 0 Å². The van der Waals surface area contributed by atoms with Crippen LogP contribution in [0.5, 0.6) is 0 Å². The number of benzene rings is 1. The molecule has 1 heterocycles. The van der Waals surface area contributed by atoms with Crippen molar-refractivity contribution in [2.75, 3.05) is 16.2 Å². The number of carbonyl (C=O) groups is 2. The largest absolute Gasteiger partial charge is 0.755 e. The highest BCUT2D eigenvalue weighted by Crippen LogP contribution is 2.34. The molecule has 0 radical (unpaired) electrons. The fraction of sp³-hybridized carbons (Fsp3) is 0.0714. The van der Waals surface area contributed by atoms with Gasteiger partial charge >= 0.3 is 5.97 Å². The number of nitrogens with zero attached hydrogens (tertiary/aromatic N) is 4. The topological polar surface area (TPSA) is 197 Å². The van der Waals surface area contributed by atoms with Gasteiger partial charge < -0.3 is 20.7 Å². The lowest BCUT2D eigenvalue weighted by molar-refractivity contribution is -0.114. The predicted molar refractivity (Wildman–Crippen MR) is 100 cm³/mol. The first-order chi connectivity index (χ1) is 13.7. The van der Waals surface area contributed by atoms with E-state index in [0.717, 1.165) is 35.0 Å². The van der Waals surface area contributed by atoms with E-state index in [1.165, 1.54) is 6.19 Å². The first-order valence-electron chi connectivity index (χ1n) is 7.35. The minimum atomic E-state index is -2.98. The Labute approximate surface area is 168 Å². The molecule has 0 saturated heterocycles. The van der Waals surface area contributed by atoms with E-state index in [1.54, 1.807) is 0 Å².